The molecular formula is C20H29N3O6. The molecular weight excluding hydrogens is 378 g/mol. The average molecular weight is 407 g/mol. The van der Waals surface area contributed by atoms with E-state index in [0.717, 1.165) is 0 Å². The molecule has 1 aromatic carbocycles. The highest BCUT2D eigenvalue weighted by Gasteiger charge is 2.24. The number of benzene rings is 1. The van der Waals surface area contributed by atoms with Crippen LogP contribution in [0.3, 0.4) is 0 Å². The molecule has 0 saturated heterocycles. The van der Waals surface area contributed by atoms with Gasteiger partial charge in [-0.3, -0.25) is 14.9 Å². The summed E-state index contributed by atoms with van der Waals surface area (Å²) in [6.07, 6.45) is 0.859. The zero-order chi connectivity index (χ0) is 22.2. The van der Waals surface area contributed by atoms with Gasteiger partial charge in [0.15, 0.2) is 0 Å². The van der Waals surface area contributed by atoms with Crippen LogP contribution >= 0.6 is 0 Å². The number of nitro groups is 1. The maximum absolute atomic E-state index is 12.3. The minimum atomic E-state index is -0.652. The highest BCUT2D eigenvalue weighted by atomic mass is 16.6. The Morgan fingerprint density at radius 2 is 1.90 bits per heavy atom. The van der Waals surface area contributed by atoms with Crippen molar-refractivity contribution in [3.8, 4) is 0 Å². The zero-order valence-corrected chi connectivity index (χ0v) is 17.5. The topological polar surface area (TPSA) is 120 Å². The second-order valence-electron chi connectivity index (χ2n) is 8.05. The molecule has 2 N–H and O–H groups in total. The summed E-state index contributed by atoms with van der Waals surface area (Å²) in [6.45, 7) is 13.2. The van der Waals surface area contributed by atoms with Crippen molar-refractivity contribution < 1.29 is 24.0 Å². The van der Waals surface area contributed by atoms with Gasteiger partial charge in [0.2, 0.25) is 0 Å². The second-order valence-corrected chi connectivity index (χ2v) is 8.05. The Kier molecular flexibility index (Phi) is 8.32. The van der Waals surface area contributed by atoms with Crippen LogP contribution in [0.15, 0.2) is 24.8 Å². The third-order valence-corrected chi connectivity index (χ3v) is 3.54. The predicted molar refractivity (Wildman–Crippen MR) is 110 cm³/mol. The van der Waals surface area contributed by atoms with E-state index in [9.17, 15) is 19.7 Å². The molecule has 0 aliphatic carbocycles. The van der Waals surface area contributed by atoms with Crippen molar-refractivity contribution in [2.24, 2.45) is 0 Å². The van der Waals surface area contributed by atoms with E-state index in [0.29, 0.717) is 5.56 Å². The summed E-state index contributed by atoms with van der Waals surface area (Å²) in [5.74, 6) is -0.385. The van der Waals surface area contributed by atoms with Crippen LogP contribution in [0.25, 0.3) is 6.08 Å². The minimum absolute atomic E-state index is 0.112. The molecule has 0 heterocycles. The Morgan fingerprint density at radius 3 is 2.45 bits per heavy atom. The molecule has 0 fully saturated rings. The van der Waals surface area contributed by atoms with Gasteiger partial charge in [-0.2, -0.15) is 0 Å². The van der Waals surface area contributed by atoms with Crippen LogP contribution in [0.1, 0.15) is 50.5 Å². The van der Waals surface area contributed by atoms with Crippen molar-refractivity contribution >= 4 is 23.8 Å². The third kappa shape index (κ3) is 8.73. The Balaban J connectivity index is 2.46. The van der Waals surface area contributed by atoms with E-state index < -0.39 is 22.2 Å². The number of ether oxygens (including phenoxy) is 2. The molecule has 0 aliphatic heterocycles. The van der Waals surface area contributed by atoms with Gasteiger partial charge in [-0.25, -0.2) is 4.79 Å². The molecule has 29 heavy (non-hydrogen) atoms. The van der Waals surface area contributed by atoms with Gasteiger partial charge >= 0.3 is 6.09 Å². The van der Waals surface area contributed by atoms with Gasteiger partial charge in [0, 0.05) is 24.2 Å². The molecule has 0 saturated carbocycles. The van der Waals surface area contributed by atoms with E-state index in [2.05, 4.69) is 17.2 Å². The molecule has 9 nitrogen and oxygen atoms in total. The molecule has 1 aromatic rings. The number of hydrogen-bond acceptors (Lipinski definition) is 6. The number of alkyl carbamates (subject to hydrolysis) is 1. The average Bonchev–Trinajstić information content (AvgIpc) is 2.58. The van der Waals surface area contributed by atoms with Crippen molar-refractivity contribution in [3.05, 3.63) is 46.0 Å². The quantitative estimate of drug-likeness (QED) is 0.368. The monoisotopic (exact) mass is 407 g/mol. The number of rotatable bonds is 9. The van der Waals surface area contributed by atoms with Gasteiger partial charge in [0.1, 0.15) is 5.60 Å². The first kappa shape index (κ1) is 24.1. The van der Waals surface area contributed by atoms with Gasteiger partial charge in [-0.1, -0.05) is 12.7 Å². The number of non-ortho nitro benzene ring substituents is 1. The molecule has 0 atom stereocenters. The van der Waals surface area contributed by atoms with Gasteiger partial charge in [0.05, 0.1) is 23.7 Å². The van der Waals surface area contributed by atoms with Crippen LogP contribution in [-0.4, -0.2) is 47.8 Å². The number of nitrogens with zero attached hydrogens (tertiary/aromatic N) is 1. The maximum atomic E-state index is 12.3. The predicted octanol–water partition coefficient (Wildman–Crippen LogP) is 3.29. The summed E-state index contributed by atoms with van der Waals surface area (Å²) in [6, 6.07) is 3.95. The second kappa shape index (κ2) is 10.0. The van der Waals surface area contributed by atoms with Crippen LogP contribution in [-0.2, 0) is 9.47 Å². The number of nitrogens with one attached hydrogen (secondary N) is 2. The van der Waals surface area contributed by atoms with Gasteiger partial charge in [0.25, 0.3) is 11.6 Å². The molecule has 1 rings (SSSR count). The molecule has 2 amide bonds. The molecule has 0 radical (unpaired) electrons. The highest BCUT2D eigenvalue weighted by molar-refractivity contribution is 5.98. The van der Waals surface area contributed by atoms with Gasteiger partial charge in [-0.05, 0) is 46.2 Å². The van der Waals surface area contributed by atoms with Crippen LogP contribution in [0.2, 0.25) is 0 Å². The number of carbonyl (C=O) groups excluding carboxylic acids is 2. The molecule has 0 spiro atoms. The van der Waals surface area contributed by atoms with E-state index in [1.165, 1.54) is 24.3 Å². The summed E-state index contributed by atoms with van der Waals surface area (Å²) in [7, 11) is 0. The molecule has 0 unspecified atom stereocenters. The Hall–Kier alpha value is -2.94. The van der Waals surface area contributed by atoms with E-state index in [1.807, 2.05) is 0 Å². The molecule has 160 valence electrons. The maximum Gasteiger partial charge on any atom is 0.408 e. The summed E-state index contributed by atoms with van der Waals surface area (Å²) >= 11 is 0. The van der Waals surface area contributed by atoms with E-state index in [-0.39, 0.29) is 36.9 Å². The van der Waals surface area contributed by atoms with Crippen LogP contribution in [0, 0.1) is 10.1 Å². The first-order valence-electron chi connectivity index (χ1n) is 9.12. The lowest BCUT2D eigenvalue weighted by Crippen LogP contribution is -2.49. The van der Waals surface area contributed by atoms with Gasteiger partial charge < -0.3 is 20.1 Å². The first-order valence-corrected chi connectivity index (χ1v) is 9.12. The normalized spacial score (nSPS) is 11.5. The summed E-state index contributed by atoms with van der Waals surface area (Å²) in [5.41, 5.74) is -0.689. The van der Waals surface area contributed by atoms with Crippen molar-refractivity contribution in [3.63, 3.8) is 0 Å². The fourth-order valence-corrected chi connectivity index (χ4v) is 2.31. The standard InChI is InChI=1S/C20H29N3O6/c1-7-14-12-15(23(26)27)8-9-16(14)17(24)21-10-11-28-13-20(5,6)22-18(25)29-19(2,3)4/h7-9,12H,1,10-11,13H2,2-6H3,(H,21,24)(H,22,25). The van der Waals surface area contributed by atoms with Crippen molar-refractivity contribution in [1.82, 2.24) is 10.6 Å². The van der Waals surface area contributed by atoms with E-state index in [1.54, 1.807) is 34.6 Å². The minimum Gasteiger partial charge on any atom is -0.444 e. The van der Waals surface area contributed by atoms with Crippen LogP contribution in [0.4, 0.5) is 10.5 Å². The Morgan fingerprint density at radius 1 is 1.24 bits per heavy atom. The van der Waals surface area contributed by atoms with Crippen LogP contribution in [0.5, 0.6) is 0 Å². The third-order valence-electron chi connectivity index (χ3n) is 3.54. The molecule has 0 aromatic heterocycles. The number of nitro benzene ring substituents is 1. The van der Waals surface area contributed by atoms with Crippen molar-refractivity contribution in [1.29, 1.82) is 0 Å². The summed E-state index contributed by atoms with van der Waals surface area (Å²) in [4.78, 5) is 34.4. The number of amides is 2. The lowest BCUT2D eigenvalue weighted by Gasteiger charge is -2.28. The summed E-state index contributed by atoms with van der Waals surface area (Å²) in [5, 5.41) is 16.2. The van der Waals surface area contributed by atoms with E-state index in [4.69, 9.17) is 9.47 Å². The van der Waals surface area contributed by atoms with Gasteiger partial charge in [-0.15, -0.1) is 0 Å². The fourth-order valence-electron chi connectivity index (χ4n) is 2.31. The fraction of sp³-hybridized carbons (Fsp3) is 0.500. The molecule has 9 heteroatoms. The Labute approximate surface area is 170 Å². The summed E-state index contributed by atoms with van der Waals surface area (Å²) < 4.78 is 10.7. The van der Waals surface area contributed by atoms with Crippen molar-refractivity contribution in [2.45, 2.75) is 45.8 Å². The SMILES string of the molecule is C=Cc1cc([N+](=O)[O-])ccc1C(=O)NCCOCC(C)(C)NC(=O)OC(C)(C)C. The van der Waals surface area contributed by atoms with E-state index >= 15 is 0 Å². The number of hydrogen-bond donors (Lipinski definition) is 2. The van der Waals surface area contributed by atoms with Crippen molar-refractivity contribution in [2.75, 3.05) is 19.8 Å². The lowest BCUT2D eigenvalue weighted by atomic mass is 10.1. The first-order chi connectivity index (χ1) is 13.3. The Bertz CT molecular complexity index is 768. The molecule has 0 bridgehead atoms. The molecule has 0 aliphatic rings. The smallest absolute Gasteiger partial charge is 0.408 e. The zero-order valence-electron chi connectivity index (χ0n) is 17.5. The largest absolute Gasteiger partial charge is 0.444 e. The number of carbonyl (C=O) groups is 2. The highest BCUT2D eigenvalue weighted by Crippen LogP contribution is 2.19. The van der Waals surface area contributed by atoms with Crippen LogP contribution < -0.4 is 10.6 Å². The lowest BCUT2D eigenvalue weighted by molar-refractivity contribution is -0.384.